The lowest BCUT2D eigenvalue weighted by Crippen LogP contribution is -2.19. The molecule has 0 aliphatic carbocycles. The zero-order valence-corrected chi connectivity index (χ0v) is 15.9. The van der Waals surface area contributed by atoms with Crippen LogP contribution in [-0.4, -0.2) is 29.9 Å². The highest BCUT2D eigenvalue weighted by Gasteiger charge is 2.06. The molecule has 0 atom stereocenters. The lowest BCUT2D eigenvalue weighted by atomic mass is 10.2. The molecular formula is C19H16N4O2S2. The Bertz CT molecular complexity index is 1120. The predicted molar refractivity (Wildman–Crippen MR) is 112 cm³/mol. The molecule has 0 radical (unpaired) electrons. The Hall–Kier alpha value is -2.58. The molecule has 0 fully saturated rings. The van der Waals surface area contributed by atoms with E-state index in [1.54, 1.807) is 12.4 Å². The first-order chi connectivity index (χ1) is 13.2. The van der Waals surface area contributed by atoms with Gasteiger partial charge in [0.1, 0.15) is 0 Å². The fraction of sp³-hybridized carbons (Fsp3) is 0.158. The topological polar surface area (TPSA) is 69.8 Å². The van der Waals surface area contributed by atoms with E-state index in [-0.39, 0.29) is 11.1 Å². The van der Waals surface area contributed by atoms with Crippen molar-refractivity contribution < 1.29 is 0 Å². The molecule has 0 spiro atoms. The molecule has 0 bridgehead atoms. The van der Waals surface area contributed by atoms with Crippen molar-refractivity contribution in [1.82, 2.24) is 18.4 Å². The third-order valence-electron chi connectivity index (χ3n) is 4.05. The van der Waals surface area contributed by atoms with E-state index >= 15 is 0 Å². The number of aromatic nitrogens is 4. The number of hydrogen-bond donors (Lipinski definition) is 0. The van der Waals surface area contributed by atoms with Crippen molar-refractivity contribution in [3.8, 4) is 0 Å². The standard InChI is InChI=1S/C19H16N4O2S2/c24-18-16-8-3-1-6-14(16)12-20-22(18)26-10-5-11-27-23-19(25)17-9-4-2-7-15(17)13-21-23/h1-4,6-9,12-13H,5,10-11H2. The molecular weight excluding hydrogens is 380 g/mol. The van der Waals surface area contributed by atoms with Gasteiger partial charge >= 0.3 is 0 Å². The molecule has 2 aromatic carbocycles. The van der Waals surface area contributed by atoms with Crippen LogP contribution in [0.3, 0.4) is 0 Å². The van der Waals surface area contributed by atoms with E-state index in [2.05, 4.69) is 10.2 Å². The first-order valence-corrected chi connectivity index (χ1v) is 10.3. The molecule has 0 amide bonds. The summed E-state index contributed by atoms with van der Waals surface area (Å²) in [6.07, 6.45) is 4.23. The summed E-state index contributed by atoms with van der Waals surface area (Å²) in [5.41, 5.74) is -0.198. The van der Waals surface area contributed by atoms with Gasteiger partial charge in [0.05, 0.1) is 23.2 Å². The Labute approximate surface area is 163 Å². The van der Waals surface area contributed by atoms with Crippen LogP contribution in [0.15, 0.2) is 70.5 Å². The highest BCUT2D eigenvalue weighted by molar-refractivity contribution is 7.98. The second-order valence-electron chi connectivity index (χ2n) is 5.84. The molecule has 0 aliphatic rings. The first kappa shape index (κ1) is 17.8. The van der Waals surface area contributed by atoms with Crippen molar-refractivity contribution in [2.45, 2.75) is 6.42 Å². The van der Waals surface area contributed by atoms with Gasteiger partial charge in [-0.05, 0) is 42.4 Å². The average Bonchev–Trinajstić information content (AvgIpc) is 2.71. The van der Waals surface area contributed by atoms with Crippen LogP contribution < -0.4 is 11.1 Å². The fourth-order valence-corrected chi connectivity index (χ4v) is 4.43. The van der Waals surface area contributed by atoms with Crippen LogP contribution in [0.5, 0.6) is 0 Å². The molecule has 4 rings (SSSR count). The number of fused-ring (bicyclic) bond motifs is 2. The lowest BCUT2D eigenvalue weighted by molar-refractivity contribution is 0.921. The van der Waals surface area contributed by atoms with Gasteiger partial charge in [0.2, 0.25) is 0 Å². The van der Waals surface area contributed by atoms with Crippen molar-refractivity contribution in [3.63, 3.8) is 0 Å². The van der Waals surface area contributed by atoms with Crippen molar-refractivity contribution in [1.29, 1.82) is 0 Å². The van der Waals surface area contributed by atoms with Gasteiger partial charge in [-0.1, -0.05) is 36.4 Å². The maximum Gasteiger partial charge on any atom is 0.285 e. The van der Waals surface area contributed by atoms with Gasteiger partial charge in [0, 0.05) is 22.3 Å². The summed E-state index contributed by atoms with van der Waals surface area (Å²) < 4.78 is 2.85. The van der Waals surface area contributed by atoms with Crippen molar-refractivity contribution in [2.24, 2.45) is 0 Å². The average molecular weight is 396 g/mol. The Morgan fingerprint density at radius 1 is 0.704 bits per heavy atom. The van der Waals surface area contributed by atoms with Gasteiger partial charge in [0.25, 0.3) is 11.1 Å². The largest absolute Gasteiger partial charge is 0.285 e. The monoisotopic (exact) mass is 396 g/mol. The van der Waals surface area contributed by atoms with Crippen molar-refractivity contribution >= 4 is 45.4 Å². The van der Waals surface area contributed by atoms with Crippen LogP contribution in [0.4, 0.5) is 0 Å². The Morgan fingerprint density at radius 2 is 1.15 bits per heavy atom. The van der Waals surface area contributed by atoms with E-state index in [9.17, 15) is 9.59 Å². The minimum atomic E-state index is -0.0989. The normalized spacial score (nSPS) is 11.3. The summed E-state index contributed by atoms with van der Waals surface area (Å²) >= 11 is 2.75. The summed E-state index contributed by atoms with van der Waals surface area (Å²) in [7, 11) is 0. The molecule has 0 saturated carbocycles. The maximum atomic E-state index is 12.4. The van der Waals surface area contributed by atoms with Gasteiger partial charge in [0.15, 0.2) is 0 Å². The molecule has 0 aliphatic heterocycles. The Balaban J connectivity index is 1.36. The molecule has 136 valence electrons. The molecule has 2 heterocycles. The number of rotatable bonds is 6. The van der Waals surface area contributed by atoms with Crippen LogP contribution in [0.2, 0.25) is 0 Å². The predicted octanol–water partition coefficient (Wildman–Crippen LogP) is 3.19. The van der Waals surface area contributed by atoms with Crippen LogP contribution in [0.1, 0.15) is 6.42 Å². The minimum absolute atomic E-state index is 0.0989. The molecule has 8 heteroatoms. The molecule has 0 saturated heterocycles. The summed E-state index contributed by atoms with van der Waals surface area (Å²) in [4.78, 5) is 24.8. The summed E-state index contributed by atoms with van der Waals surface area (Å²) in [6.45, 7) is 0. The first-order valence-electron chi connectivity index (χ1n) is 8.45. The van der Waals surface area contributed by atoms with Crippen LogP contribution in [0.25, 0.3) is 21.5 Å². The van der Waals surface area contributed by atoms with Gasteiger partial charge in [-0.2, -0.15) is 18.4 Å². The smallest absolute Gasteiger partial charge is 0.266 e. The van der Waals surface area contributed by atoms with E-state index in [1.165, 1.54) is 32.1 Å². The van der Waals surface area contributed by atoms with E-state index in [4.69, 9.17) is 0 Å². The molecule has 27 heavy (non-hydrogen) atoms. The summed E-state index contributed by atoms with van der Waals surface area (Å²) in [6, 6.07) is 14.9. The third-order valence-corrected chi connectivity index (χ3v) is 6.00. The lowest BCUT2D eigenvalue weighted by Gasteiger charge is -2.06. The Morgan fingerprint density at radius 3 is 1.63 bits per heavy atom. The highest BCUT2D eigenvalue weighted by atomic mass is 32.2. The Kier molecular flexibility index (Phi) is 5.26. The van der Waals surface area contributed by atoms with Gasteiger partial charge < -0.3 is 0 Å². The zero-order valence-electron chi connectivity index (χ0n) is 14.3. The number of benzene rings is 2. The van der Waals surface area contributed by atoms with Crippen LogP contribution in [0, 0.1) is 0 Å². The third kappa shape index (κ3) is 3.77. The molecule has 0 unspecified atom stereocenters. The van der Waals surface area contributed by atoms with E-state index < -0.39 is 0 Å². The quantitative estimate of drug-likeness (QED) is 0.466. The molecule has 4 aromatic rings. The molecule has 0 N–H and O–H groups in total. The van der Waals surface area contributed by atoms with Crippen LogP contribution >= 0.6 is 23.9 Å². The zero-order chi connectivity index (χ0) is 18.6. The van der Waals surface area contributed by atoms with E-state index in [1.807, 2.05) is 48.5 Å². The van der Waals surface area contributed by atoms with E-state index in [0.717, 1.165) is 28.7 Å². The van der Waals surface area contributed by atoms with Gasteiger partial charge in [-0.25, -0.2) is 0 Å². The minimum Gasteiger partial charge on any atom is -0.266 e. The van der Waals surface area contributed by atoms with Crippen LogP contribution in [-0.2, 0) is 0 Å². The van der Waals surface area contributed by atoms with Gasteiger partial charge in [-0.15, -0.1) is 0 Å². The number of nitrogens with zero attached hydrogens (tertiary/aromatic N) is 4. The van der Waals surface area contributed by atoms with Crippen molar-refractivity contribution in [2.75, 3.05) is 11.5 Å². The second kappa shape index (κ2) is 7.98. The molecule has 6 nitrogen and oxygen atoms in total. The second-order valence-corrected chi connectivity index (χ2v) is 7.86. The van der Waals surface area contributed by atoms with Crippen molar-refractivity contribution in [3.05, 3.63) is 81.6 Å². The number of hydrogen-bond acceptors (Lipinski definition) is 6. The fourth-order valence-electron chi connectivity index (χ4n) is 2.69. The van der Waals surface area contributed by atoms with E-state index in [0.29, 0.717) is 10.8 Å². The summed E-state index contributed by atoms with van der Waals surface area (Å²) in [5.74, 6) is 1.45. The molecule has 2 aromatic heterocycles. The maximum absolute atomic E-state index is 12.4. The highest BCUT2D eigenvalue weighted by Crippen LogP contribution is 2.13. The van der Waals surface area contributed by atoms with Gasteiger partial charge in [-0.3, -0.25) is 9.59 Å². The SMILES string of the molecule is O=c1c2ccccc2cnn1SCCCSn1ncc2ccccc2c1=O. The summed E-state index contributed by atoms with van der Waals surface area (Å²) in [5, 5.41) is 11.4.